The lowest BCUT2D eigenvalue weighted by Gasteiger charge is -2.25. The summed E-state index contributed by atoms with van der Waals surface area (Å²) in [6, 6.07) is 4.17. The normalized spacial score (nSPS) is 11.4. The fourth-order valence-corrected chi connectivity index (χ4v) is 0.982. The number of halogens is 1. The molecular weight excluding hydrogens is 181 g/mol. The number of nitrogen functional groups attached to an aromatic ring is 1. The molecule has 3 heteroatoms. The number of hydrogen-bond acceptors (Lipinski definition) is 2. The van der Waals surface area contributed by atoms with Crippen LogP contribution in [0.15, 0.2) is 18.2 Å². The molecule has 0 aliphatic rings. The van der Waals surface area contributed by atoms with Gasteiger partial charge in [-0.15, -0.1) is 0 Å². The highest BCUT2D eigenvalue weighted by atomic mass is 19.1. The first kappa shape index (κ1) is 10.8. The van der Waals surface area contributed by atoms with Crippen molar-refractivity contribution in [2.75, 3.05) is 5.73 Å². The summed E-state index contributed by atoms with van der Waals surface area (Å²) in [6.45, 7) is 5.96. The zero-order chi connectivity index (χ0) is 10.8. The summed E-state index contributed by atoms with van der Waals surface area (Å²) in [6.07, 6.45) is 0.865. The van der Waals surface area contributed by atoms with E-state index in [1.807, 2.05) is 20.8 Å². The number of hydrogen-bond donors (Lipinski definition) is 1. The highest BCUT2D eigenvalue weighted by molar-refractivity contribution is 5.52. The molecule has 2 N–H and O–H groups in total. The second-order valence-electron chi connectivity index (χ2n) is 3.90. The van der Waals surface area contributed by atoms with Crippen molar-refractivity contribution in [3.8, 4) is 5.75 Å². The van der Waals surface area contributed by atoms with Gasteiger partial charge in [0.2, 0.25) is 0 Å². The van der Waals surface area contributed by atoms with Crippen LogP contribution in [0.3, 0.4) is 0 Å². The van der Waals surface area contributed by atoms with Crippen LogP contribution in [0.25, 0.3) is 0 Å². The predicted molar refractivity (Wildman–Crippen MR) is 55.8 cm³/mol. The highest BCUT2D eigenvalue weighted by Gasteiger charge is 2.18. The molecule has 0 saturated carbocycles. The second kappa shape index (κ2) is 3.86. The Balaban J connectivity index is 2.87. The van der Waals surface area contributed by atoms with Crippen molar-refractivity contribution < 1.29 is 9.13 Å². The topological polar surface area (TPSA) is 35.2 Å². The van der Waals surface area contributed by atoms with Crippen LogP contribution < -0.4 is 10.5 Å². The van der Waals surface area contributed by atoms with Gasteiger partial charge in [0.15, 0.2) is 0 Å². The Hall–Kier alpha value is -1.25. The van der Waals surface area contributed by atoms with Gasteiger partial charge in [0.25, 0.3) is 0 Å². The molecule has 1 rings (SSSR count). The summed E-state index contributed by atoms with van der Waals surface area (Å²) in [5, 5.41) is 0. The molecular formula is C11H16FNO. The van der Waals surface area contributed by atoms with Crippen LogP contribution in [0.1, 0.15) is 27.2 Å². The van der Waals surface area contributed by atoms with Crippen molar-refractivity contribution in [1.29, 1.82) is 0 Å². The van der Waals surface area contributed by atoms with Gasteiger partial charge in [0, 0.05) is 6.07 Å². The first-order valence-corrected chi connectivity index (χ1v) is 4.68. The van der Waals surface area contributed by atoms with E-state index >= 15 is 0 Å². The molecule has 0 atom stereocenters. The standard InChI is InChI=1S/C11H16FNO/c1-4-11(2,3)14-10-6-5-8(12)7-9(10)13/h5-7H,4,13H2,1-3H3. The summed E-state index contributed by atoms with van der Waals surface area (Å²) in [7, 11) is 0. The fraction of sp³-hybridized carbons (Fsp3) is 0.455. The summed E-state index contributed by atoms with van der Waals surface area (Å²) in [5.41, 5.74) is 5.69. The summed E-state index contributed by atoms with van der Waals surface area (Å²) >= 11 is 0. The van der Waals surface area contributed by atoms with Crippen LogP contribution >= 0.6 is 0 Å². The minimum Gasteiger partial charge on any atom is -0.486 e. The van der Waals surface area contributed by atoms with Gasteiger partial charge in [-0.2, -0.15) is 0 Å². The molecule has 0 saturated heterocycles. The molecule has 0 fully saturated rings. The van der Waals surface area contributed by atoms with Crippen molar-refractivity contribution in [3.63, 3.8) is 0 Å². The predicted octanol–water partition coefficient (Wildman–Crippen LogP) is 2.98. The third-order valence-corrected chi connectivity index (χ3v) is 2.21. The first-order valence-electron chi connectivity index (χ1n) is 4.68. The second-order valence-corrected chi connectivity index (χ2v) is 3.90. The van der Waals surface area contributed by atoms with E-state index in [1.165, 1.54) is 12.1 Å². The molecule has 0 unspecified atom stereocenters. The van der Waals surface area contributed by atoms with E-state index in [1.54, 1.807) is 6.07 Å². The molecule has 14 heavy (non-hydrogen) atoms. The lowest BCUT2D eigenvalue weighted by molar-refractivity contribution is 0.106. The van der Waals surface area contributed by atoms with Gasteiger partial charge in [0.05, 0.1) is 5.69 Å². The van der Waals surface area contributed by atoms with Crippen molar-refractivity contribution in [3.05, 3.63) is 24.0 Å². The fourth-order valence-electron chi connectivity index (χ4n) is 0.982. The van der Waals surface area contributed by atoms with E-state index < -0.39 is 0 Å². The molecule has 0 spiro atoms. The van der Waals surface area contributed by atoms with Crippen molar-refractivity contribution >= 4 is 5.69 Å². The maximum Gasteiger partial charge on any atom is 0.143 e. The highest BCUT2D eigenvalue weighted by Crippen LogP contribution is 2.27. The van der Waals surface area contributed by atoms with Crippen molar-refractivity contribution in [2.45, 2.75) is 32.8 Å². The Morgan fingerprint density at radius 3 is 2.57 bits per heavy atom. The summed E-state index contributed by atoms with van der Waals surface area (Å²) in [4.78, 5) is 0. The smallest absolute Gasteiger partial charge is 0.143 e. The van der Waals surface area contributed by atoms with Crippen molar-refractivity contribution in [1.82, 2.24) is 0 Å². The Bertz CT molecular complexity index is 323. The molecule has 0 radical (unpaired) electrons. The molecule has 1 aromatic carbocycles. The molecule has 0 amide bonds. The van der Waals surface area contributed by atoms with Crippen LogP contribution in [0, 0.1) is 5.82 Å². The van der Waals surface area contributed by atoms with Crippen LogP contribution in [-0.2, 0) is 0 Å². The monoisotopic (exact) mass is 197 g/mol. The first-order chi connectivity index (χ1) is 6.44. The minimum atomic E-state index is -0.343. The largest absolute Gasteiger partial charge is 0.486 e. The lowest BCUT2D eigenvalue weighted by Crippen LogP contribution is -2.27. The van der Waals surface area contributed by atoms with E-state index in [0.717, 1.165) is 6.42 Å². The van der Waals surface area contributed by atoms with Crippen LogP contribution in [0.2, 0.25) is 0 Å². The molecule has 0 heterocycles. The molecule has 0 aliphatic heterocycles. The molecule has 0 bridgehead atoms. The number of rotatable bonds is 3. The molecule has 0 aliphatic carbocycles. The zero-order valence-electron chi connectivity index (χ0n) is 8.80. The quantitative estimate of drug-likeness (QED) is 0.756. The maximum atomic E-state index is 12.7. The van der Waals surface area contributed by atoms with Crippen LogP contribution in [-0.4, -0.2) is 5.60 Å². The van der Waals surface area contributed by atoms with Crippen LogP contribution in [0.5, 0.6) is 5.75 Å². The average Bonchev–Trinajstić information content (AvgIpc) is 2.10. The SMILES string of the molecule is CCC(C)(C)Oc1ccc(F)cc1N. The van der Waals surface area contributed by atoms with Gasteiger partial charge in [-0.25, -0.2) is 4.39 Å². The number of ether oxygens (including phenoxy) is 1. The minimum absolute atomic E-state index is 0.272. The number of benzene rings is 1. The van der Waals surface area contributed by atoms with E-state index in [0.29, 0.717) is 11.4 Å². The maximum absolute atomic E-state index is 12.7. The van der Waals surface area contributed by atoms with Gasteiger partial charge >= 0.3 is 0 Å². The molecule has 1 aromatic rings. The molecule has 0 aromatic heterocycles. The van der Waals surface area contributed by atoms with Gasteiger partial charge in [-0.05, 0) is 32.4 Å². The third kappa shape index (κ3) is 2.62. The summed E-state index contributed by atoms with van der Waals surface area (Å²) < 4.78 is 18.4. The van der Waals surface area contributed by atoms with Crippen LogP contribution in [0.4, 0.5) is 10.1 Å². The Morgan fingerprint density at radius 2 is 2.07 bits per heavy atom. The number of anilines is 1. The summed E-state index contributed by atoms with van der Waals surface area (Å²) in [5.74, 6) is 0.197. The van der Waals surface area contributed by atoms with E-state index in [9.17, 15) is 4.39 Å². The number of nitrogens with two attached hydrogens (primary N) is 1. The van der Waals surface area contributed by atoms with Gasteiger partial charge in [0.1, 0.15) is 17.2 Å². The van der Waals surface area contributed by atoms with Gasteiger partial charge < -0.3 is 10.5 Å². The third-order valence-electron chi connectivity index (χ3n) is 2.21. The Labute approximate surface area is 83.9 Å². The molecule has 2 nitrogen and oxygen atoms in total. The lowest BCUT2D eigenvalue weighted by atomic mass is 10.1. The van der Waals surface area contributed by atoms with Crippen molar-refractivity contribution in [2.24, 2.45) is 0 Å². The van der Waals surface area contributed by atoms with E-state index in [4.69, 9.17) is 10.5 Å². The molecule has 78 valence electrons. The van der Waals surface area contributed by atoms with Gasteiger partial charge in [-0.3, -0.25) is 0 Å². The average molecular weight is 197 g/mol. The zero-order valence-corrected chi connectivity index (χ0v) is 8.80. The Morgan fingerprint density at radius 1 is 1.43 bits per heavy atom. The van der Waals surface area contributed by atoms with E-state index in [2.05, 4.69) is 0 Å². The van der Waals surface area contributed by atoms with E-state index in [-0.39, 0.29) is 11.4 Å². The van der Waals surface area contributed by atoms with Gasteiger partial charge in [-0.1, -0.05) is 6.92 Å². The Kier molecular flexibility index (Phi) is 2.99.